The quantitative estimate of drug-likeness (QED) is 0.489. The maximum Gasteiger partial charge on any atom is 0.322 e. The second-order valence-electron chi connectivity index (χ2n) is 9.07. The fourth-order valence-corrected chi connectivity index (χ4v) is 3.25. The van der Waals surface area contributed by atoms with Gasteiger partial charge in [0.25, 0.3) is 0 Å². The third kappa shape index (κ3) is 6.75. The van der Waals surface area contributed by atoms with Crippen molar-refractivity contribution in [1.29, 1.82) is 0 Å². The van der Waals surface area contributed by atoms with Gasteiger partial charge in [0.05, 0.1) is 25.1 Å². The van der Waals surface area contributed by atoms with Crippen molar-refractivity contribution in [1.82, 2.24) is 14.7 Å². The molecule has 0 fully saturated rings. The molecule has 1 heterocycles. The Balaban J connectivity index is 1.70. The zero-order chi connectivity index (χ0) is 25.6. The molecule has 3 rings (SSSR count). The van der Waals surface area contributed by atoms with Crippen molar-refractivity contribution in [3.63, 3.8) is 0 Å². The second kappa shape index (κ2) is 10.9. The van der Waals surface area contributed by atoms with Gasteiger partial charge in [0.1, 0.15) is 23.9 Å². The first kappa shape index (κ1) is 25.6. The lowest BCUT2D eigenvalue weighted by atomic mass is 9.92. The molecule has 0 aliphatic rings. The molecule has 2 N–H and O–H groups in total. The number of hydrogen-bond acceptors (Lipinski definition) is 5. The SMILES string of the molecule is CCOc1ccc(NC(=O)N(C)CC(=O)Nc2cc(C(C)(C)C)nn2-c2ccc(OC)cc2)cc1. The number of hydrogen-bond donors (Lipinski definition) is 2. The van der Waals surface area contributed by atoms with Crippen LogP contribution in [0.15, 0.2) is 54.6 Å². The van der Waals surface area contributed by atoms with Crippen molar-refractivity contribution in [2.45, 2.75) is 33.1 Å². The van der Waals surface area contributed by atoms with E-state index in [9.17, 15) is 9.59 Å². The molecule has 3 amide bonds. The summed E-state index contributed by atoms with van der Waals surface area (Å²) in [5.41, 5.74) is 1.99. The number of likely N-dealkylation sites (N-methyl/N-ethyl adjacent to an activating group) is 1. The van der Waals surface area contributed by atoms with E-state index < -0.39 is 6.03 Å². The number of carbonyl (C=O) groups excluding carboxylic acids is 2. The zero-order valence-corrected chi connectivity index (χ0v) is 21.1. The molecule has 0 bridgehead atoms. The first-order chi connectivity index (χ1) is 16.6. The van der Waals surface area contributed by atoms with E-state index in [1.54, 1.807) is 43.1 Å². The van der Waals surface area contributed by atoms with Gasteiger partial charge < -0.3 is 25.0 Å². The van der Waals surface area contributed by atoms with Crippen LogP contribution in [-0.4, -0.2) is 53.9 Å². The maximum atomic E-state index is 12.8. The van der Waals surface area contributed by atoms with E-state index >= 15 is 0 Å². The van der Waals surface area contributed by atoms with Gasteiger partial charge in [-0.2, -0.15) is 5.10 Å². The lowest BCUT2D eigenvalue weighted by molar-refractivity contribution is -0.116. The number of anilines is 2. The van der Waals surface area contributed by atoms with Crippen molar-refractivity contribution < 1.29 is 19.1 Å². The molecule has 0 aliphatic carbocycles. The minimum atomic E-state index is -0.400. The van der Waals surface area contributed by atoms with E-state index in [2.05, 4.69) is 31.4 Å². The van der Waals surface area contributed by atoms with Gasteiger partial charge in [0, 0.05) is 24.2 Å². The first-order valence-corrected chi connectivity index (χ1v) is 11.4. The number of nitrogens with one attached hydrogen (secondary N) is 2. The summed E-state index contributed by atoms with van der Waals surface area (Å²) in [4.78, 5) is 26.7. The van der Waals surface area contributed by atoms with Crippen LogP contribution in [0.4, 0.5) is 16.3 Å². The van der Waals surface area contributed by atoms with Gasteiger partial charge in [-0.15, -0.1) is 0 Å². The molecule has 0 atom stereocenters. The van der Waals surface area contributed by atoms with Crippen LogP contribution in [0.5, 0.6) is 11.5 Å². The van der Waals surface area contributed by atoms with Gasteiger partial charge in [0.2, 0.25) is 5.91 Å². The Hall–Kier alpha value is -4.01. The molecule has 0 radical (unpaired) electrons. The Labute approximate surface area is 206 Å². The molecule has 186 valence electrons. The number of aromatic nitrogens is 2. The van der Waals surface area contributed by atoms with Crippen molar-refractivity contribution in [2.75, 3.05) is 37.9 Å². The largest absolute Gasteiger partial charge is 0.497 e. The average molecular weight is 480 g/mol. The fourth-order valence-electron chi connectivity index (χ4n) is 3.25. The topological polar surface area (TPSA) is 97.7 Å². The monoisotopic (exact) mass is 479 g/mol. The molecule has 35 heavy (non-hydrogen) atoms. The normalized spacial score (nSPS) is 11.0. The molecule has 2 aromatic carbocycles. The van der Waals surface area contributed by atoms with Crippen molar-refractivity contribution in [3.05, 3.63) is 60.3 Å². The third-order valence-corrected chi connectivity index (χ3v) is 5.21. The molecule has 1 aromatic heterocycles. The summed E-state index contributed by atoms with van der Waals surface area (Å²) in [6.45, 7) is 8.50. The summed E-state index contributed by atoms with van der Waals surface area (Å²) >= 11 is 0. The Morgan fingerprint density at radius 1 is 1.00 bits per heavy atom. The Bertz CT molecular complexity index is 1150. The van der Waals surface area contributed by atoms with Gasteiger partial charge >= 0.3 is 6.03 Å². The molecular weight excluding hydrogens is 446 g/mol. The third-order valence-electron chi connectivity index (χ3n) is 5.21. The number of benzene rings is 2. The van der Waals surface area contributed by atoms with Gasteiger partial charge in [-0.1, -0.05) is 20.8 Å². The van der Waals surface area contributed by atoms with Crippen molar-refractivity contribution >= 4 is 23.4 Å². The molecule has 0 aliphatic heterocycles. The Morgan fingerprint density at radius 2 is 1.63 bits per heavy atom. The van der Waals surface area contributed by atoms with Gasteiger partial charge in [-0.3, -0.25) is 4.79 Å². The molecule has 0 unspecified atom stereocenters. The van der Waals surface area contributed by atoms with Crippen LogP contribution in [0.1, 0.15) is 33.4 Å². The number of urea groups is 1. The highest BCUT2D eigenvalue weighted by molar-refractivity contribution is 5.96. The number of rotatable bonds is 8. The molecule has 0 spiro atoms. The summed E-state index contributed by atoms with van der Waals surface area (Å²) in [6, 6.07) is 15.9. The zero-order valence-electron chi connectivity index (χ0n) is 21.1. The number of nitrogens with zero attached hydrogens (tertiary/aromatic N) is 3. The smallest absolute Gasteiger partial charge is 0.322 e. The summed E-state index contributed by atoms with van der Waals surface area (Å²) < 4.78 is 12.3. The standard InChI is InChI=1S/C26H33N5O4/c1-7-35-21-12-8-18(9-13-21)27-25(33)30(5)17-24(32)28-23-16-22(26(2,3)4)29-31(23)19-10-14-20(34-6)15-11-19/h8-16H,7,17H2,1-6H3,(H,27,33)(H,28,32). The lowest BCUT2D eigenvalue weighted by Crippen LogP contribution is -2.37. The average Bonchev–Trinajstić information content (AvgIpc) is 3.24. The summed E-state index contributed by atoms with van der Waals surface area (Å²) in [7, 11) is 3.17. The molecular formula is C26H33N5O4. The summed E-state index contributed by atoms with van der Waals surface area (Å²) in [5.74, 6) is 1.62. The Kier molecular flexibility index (Phi) is 8.01. The van der Waals surface area contributed by atoms with E-state index in [4.69, 9.17) is 14.6 Å². The highest BCUT2D eigenvalue weighted by atomic mass is 16.5. The van der Waals surface area contributed by atoms with Gasteiger partial charge in [0.15, 0.2) is 0 Å². The van der Waals surface area contributed by atoms with Crippen LogP contribution < -0.4 is 20.1 Å². The van der Waals surface area contributed by atoms with E-state index in [0.717, 1.165) is 22.9 Å². The van der Waals surface area contributed by atoms with Crippen LogP contribution in [-0.2, 0) is 10.2 Å². The van der Waals surface area contributed by atoms with Crippen LogP contribution in [0.2, 0.25) is 0 Å². The van der Waals surface area contributed by atoms with E-state index in [-0.39, 0.29) is 17.9 Å². The minimum Gasteiger partial charge on any atom is -0.497 e. The van der Waals surface area contributed by atoms with E-state index in [0.29, 0.717) is 18.1 Å². The van der Waals surface area contributed by atoms with E-state index in [1.807, 2.05) is 37.3 Å². The lowest BCUT2D eigenvalue weighted by Gasteiger charge is -2.18. The number of methoxy groups -OCH3 is 1. The first-order valence-electron chi connectivity index (χ1n) is 11.4. The predicted octanol–water partition coefficient (Wildman–Crippen LogP) is 4.68. The maximum absolute atomic E-state index is 12.8. The summed E-state index contributed by atoms with van der Waals surface area (Å²) in [6.07, 6.45) is 0. The molecule has 9 heteroatoms. The predicted molar refractivity (Wildman–Crippen MR) is 137 cm³/mol. The summed E-state index contributed by atoms with van der Waals surface area (Å²) in [5, 5.41) is 10.4. The van der Waals surface area contributed by atoms with Crippen LogP contribution in [0.25, 0.3) is 5.69 Å². The number of ether oxygens (including phenoxy) is 2. The van der Waals surface area contributed by atoms with Gasteiger partial charge in [-0.25, -0.2) is 9.48 Å². The highest BCUT2D eigenvalue weighted by Gasteiger charge is 2.22. The molecule has 0 saturated heterocycles. The van der Waals surface area contributed by atoms with Crippen molar-refractivity contribution in [3.8, 4) is 17.2 Å². The van der Waals surface area contributed by atoms with Crippen LogP contribution >= 0.6 is 0 Å². The minimum absolute atomic E-state index is 0.137. The van der Waals surface area contributed by atoms with Crippen LogP contribution in [0.3, 0.4) is 0 Å². The Morgan fingerprint density at radius 3 is 2.20 bits per heavy atom. The second-order valence-corrected chi connectivity index (χ2v) is 9.07. The van der Waals surface area contributed by atoms with Crippen LogP contribution in [0, 0.1) is 0 Å². The number of amides is 3. The van der Waals surface area contributed by atoms with Gasteiger partial charge in [-0.05, 0) is 55.5 Å². The molecule has 9 nitrogen and oxygen atoms in total. The van der Waals surface area contributed by atoms with Crippen molar-refractivity contribution in [2.24, 2.45) is 0 Å². The molecule has 0 saturated carbocycles. The molecule has 3 aromatic rings. The number of carbonyl (C=O) groups is 2. The fraction of sp³-hybridized carbons (Fsp3) is 0.346. The van der Waals surface area contributed by atoms with E-state index in [1.165, 1.54) is 4.90 Å². The highest BCUT2D eigenvalue weighted by Crippen LogP contribution is 2.27.